The summed E-state index contributed by atoms with van der Waals surface area (Å²) in [6.07, 6.45) is 0. The summed E-state index contributed by atoms with van der Waals surface area (Å²) >= 11 is 14.5. The molecule has 0 N–H and O–H groups in total. The third-order valence-corrected chi connectivity index (χ3v) is 0. The van der Waals surface area contributed by atoms with E-state index >= 15 is 0 Å². The summed E-state index contributed by atoms with van der Waals surface area (Å²) in [5.74, 6) is 0.722. The number of hydrogen-bond acceptors (Lipinski definition) is 0. The van der Waals surface area contributed by atoms with Crippen LogP contribution in [0.4, 0.5) is 0 Å². The summed E-state index contributed by atoms with van der Waals surface area (Å²) in [7, 11) is 0.361. The SMILES string of the molecule is CCCl.Cl[P]Cl. The van der Waals surface area contributed by atoms with Gasteiger partial charge in [-0.1, -0.05) is 29.4 Å². The zero-order valence-electron chi connectivity index (χ0n) is 3.29. The molecule has 0 unspecified atom stereocenters. The molecule has 0 saturated carbocycles. The van der Waals surface area contributed by atoms with Crippen LogP contribution in [0.2, 0.25) is 0 Å². The molecule has 0 fully saturated rings. The fraction of sp³-hybridized carbons (Fsp3) is 1.00. The molecular weight excluding hydrogens is 161 g/mol. The lowest BCUT2D eigenvalue weighted by atomic mass is 11.0. The van der Waals surface area contributed by atoms with Gasteiger partial charge in [0.15, 0.2) is 0 Å². The number of hydrogen-bond donors (Lipinski definition) is 0. The topological polar surface area (TPSA) is 0 Å². The molecule has 1 radical (unpaired) electrons. The van der Waals surface area contributed by atoms with Crippen LogP contribution in [-0.4, -0.2) is 5.88 Å². The molecule has 0 aromatic carbocycles. The van der Waals surface area contributed by atoms with E-state index in [1.165, 1.54) is 0 Å². The molecule has 0 aromatic rings. The Labute approximate surface area is 54.5 Å². The quantitative estimate of drug-likeness (QED) is 0.382. The van der Waals surface area contributed by atoms with Gasteiger partial charge in [-0.2, -0.15) is 0 Å². The summed E-state index contributed by atoms with van der Waals surface area (Å²) in [6, 6.07) is 0. The fourth-order valence-corrected chi connectivity index (χ4v) is 0. The Hall–Kier alpha value is 1.30. The van der Waals surface area contributed by atoms with E-state index in [9.17, 15) is 0 Å². The van der Waals surface area contributed by atoms with Crippen LogP contribution in [-0.2, 0) is 0 Å². The second-order valence-corrected chi connectivity index (χ2v) is 2.53. The maximum Gasteiger partial charge on any atom is 0.141 e. The minimum absolute atomic E-state index is 0.361. The van der Waals surface area contributed by atoms with Crippen molar-refractivity contribution in [2.45, 2.75) is 6.92 Å². The molecular formula is C2H5Cl3P. The Balaban J connectivity index is 0. The molecule has 4 heteroatoms. The normalized spacial score (nSPS) is 6.00. The Kier molecular flexibility index (Phi) is 27.9. The number of halogens is 3. The molecule has 0 rings (SSSR count). The molecule has 6 heavy (non-hydrogen) atoms. The Morgan fingerprint density at radius 3 is 1.50 bits per heavy atom. The van der Waals surface area contributed by atoms with Gasteiger partial charge in [0, 0.05) is 5.88 Å². The number of alkyl halides is 1. The van der Waals surface area contributed by atoms with Gasteiger partial charge < -0.3 is 0 Å². The van der Waals surface area contributed by atoms with Crippen LogP contribution in [0.25, 0.3) is 0 Å². The van der Waals surface area contributed by atoms with Crippen LogP contribution >= 0.6 is 41.4 Å². The molecule has 0 heterocycles. The van der Waals surface area contributed by atoms with Crippen LogP contribution < -0.4 is 0 Å². The molecule has 0 aliphatic carbocycles. The molecule has 0 nitrogen and oxygen atoms in total. The molecule has 0 aliphatic heterocycles. The van der Waals surface area contributed by atoms with Gasteiger partial charge in [0.25, 0.3) is 0 Å². The Morgan fingerprint density at radius 1 is 1.50 bits per heavy atom. The molecule has 0 amide bonds. The van der Waals surface area contributed by atoms with Crippen molar-refractivity contribution in [3.8, 4) is 0 Å². The second-order valence-electron chi connectivity index (χ2n) is 0.331. The van der Waals surface area contributed by atoms with E-state index < -0.39 is 0 Å². The maximum absolute atomic E-state index is 5.00. The van der Waals surface area contributed by atoms with Crippen LogP contribution in [0.3, 0.4) is 0 Å². The standard InChI is InChI=1S/C2H5Cl.Cl2P/c1-2-3;1-3-2/h2H2,1H3;. The van der Waals surface area contributed by atoms with E-state index in [1.807, 2.05) is 6.92 Å². The van der Waals surface area contributed by atoms with Crippen LogP contribution in [0, 0.1) is 0 Å². The summed E-state index contributed by atoms with van der Waals surface area (Å²) in [6.45, 7) is 1.89. The van der Waals surface area contributed by atoms with Gasteiger partial charge in [-0.05, 0) is 0 Å². The first-order valence-corrected chi connectivity index (χ1v) is 4.55. The van der Waals surface area contributed by atoms with E-state index in [1.54, 1.807) is 0 Å². The summed E-state index contributed by atoms with van der Waals surface area (Å²) < 4.78 is 0. The highest BCUT2D eigenvalue weighted by molar-refractivity contribution is 7.90. The highest BCUT2D eigenvalue weighted by Crippen LogP contribution is 2.19. The van der Waals surface area contributed by atoms with E-state index in [0.29, 0.717) is 7.29 Å². The van der Waals surface area contributed by atoms with E-state index in [4.69, 9.17) is 34.1 Å². The highest BCUT2D eigenvalue weighted by atomic mass is 35.9. The molecule has 0 bridgehead atoms. The van der Waals surface area contributed by atoms with Crippen molar-refractivity contribution in [3.05, 3.63) is 0 Å². The lowest BCUT2D eigenvalue weighted by Gasteiger charge is -1.45. The van der Waals surface area contributed by atoms with E-state index in [0.717, 1.165) is 5.88 Å². The zero-order valence-corrected chi connectivity index (χ0v) is 6.45. The lowest BCUT2D eigenvalue weighted by molar-refractivity contribution is 1.51. The smallest absolute Gasteiger partial charge is 0.127 e. The number of rotatable bonds is 0. The van der Waals surface area contributed by atoms with Crippen molar-refractivity contribution in [2.24, 2.45) is 0 Å². The van der Waals surface area contributed by atoms with Gasteiger partial charge in [0.2, 0.25) is 0 Å². The van der Waals surface area contributed by atoms with Crippen molar-refractivity contribution in [3.63, 3.8) is 0 Å². The predicted octanol–water partition coefficient (Wildman–Crippen LogP) is 3.49. The van der Waals surface area contributed by atoms with Gasteiger partial charge >= 0.3 is 0 Å². The molecule has 0 aromatic heterocycles. The van der Waals surface area contributed by atoms with E-state index in [2.05, 4.69) is 0 Å². The van der Waals surface area contributed by atoms with E-state index in [-0.39, 0.29) is 0 Å². The summed E-state index contributed by atoms with van der Waals surface area (Å²) in [5.41, 5.74) is 0. The van der Waals surface area contributed by atoms with Gasteiger partial charge in [0.1, 0.15) is 7.29 Å². The van der Waals surface area contributed by atoms with Crippen molar-refractivity contribution in [1.82, 2.24) is 0 Å². The van der Waals surface area contributed by atoms with Crippen molar-refractivity contribution in [1.29, 1.82) is 0 Å². The lowest BCUT2D eigenvalue weighted by Crippen LogP contribution is -1.36. The van der Waals surface area contributed by atoms with Gasteiger partial charge in [-0.25, -0.2) is 0 Å². The molecule has 0 atom stereocenters. The van der Waals surface area contributed by atoms with Gasteiger partial charge in [0.05, 0.1) is 0 Å². The van der Waals surface area contributed by atoms with Gasteiger partial charge in [-0.15, -0.1) is 11.6 Å². The summed E-state index contributed by atoms with van der Waals surface area (Å²) in [4.78, 5) is 0. The minimum atomic E-state index is 0.361. The van der Waals surface area contributed by atoms with Gasteiger partial charge in [-0.3, -0.25) is 0 Å². The highest BCUT2D eigenvalue weighted by Gasteiger charge is 1.45. The average Bonchev–Trinajstić information content (AvgIpc) is 1.39. The first-order valence-electron chi connectivity index (χ1n) is 1.31. The monoisotopic (exact) mass is 165 g/mol. The Morgan fingerprint density at radius 2 is 1.50 bits per heavy atom. The first kappa shape index (κ1) is 10.3. The maximum atomic E-state index is 5.00. The summed E-state index contributed by atoms with van der Waals surface area (Å²) in [5, 5.41) is 0. The van der Waals surface area contributed by atoms with Crippen LogP contribution in [0.1, 0.15) is 6.92 Å². The third-order valence-electron chi connectivity index (χ3n) is 0. The average molecular weight is 166 g/mol. The molecule has 0 saturated heterocycles. The largest absolute Gasteiger partial charge is 0.141 e. The minimum Gasteiger partial charge on any atom is -0.127 e. The van der Waals surface area contributed by atoms with Crippen molar-refractivity contribution >= 4 is 41.4 Å². The van der Waals surface area contributed by atoms with Crippen LogP contribution in [0.5, 0.6) is 0 Å². The first-order chi connectivity index (χ1) is 2.83. The second kappa shape index (κ2) is 16.3. The van der Waals surface area contributed by atoms with Crippen LogP contribution in [0.15, 0.2) is 0 Å². The fourth-order valence-electron chi connectivity index (χ4n) is 0. The Bertz CT molecular complexity index is 10.8. The molecule has 39 valence electrons. The third kappa shape index (κ3) is 58.0. The predicted molar refractivity (Wildman–Crippen MR) is 35.0 cm³/mol. The molecule has 0 spiro atoms. The molecule has 0 aliphatic rings. The van der Waals surface area contributed by atoms with Crippen molar-refractivity contribution < 1.29 is 0 Å². The zero-order chi connectivity index (χ0) is 5.41. The van der Waals surface area contributed by atoms with Crippen molar-refractivity contribution in [2.75, 3.05) is 5.88 Å².